The molecule has 2 rings (SSSR count). The summed E-state index contributed by atoms with van der Waals surface area (Å²) >= 11 is 3.39. The summed E-state index contributed by atoms with van der Waals surface area (Å²) in [5.41, 5.74) is -0.526. The Hall–Kier alpha value is -1.66. The minimum absolute atomic E-state index is 0.0640. The van der Waals surface area contributed by atoms with Crippen molar-refractivity contribution in [3.05, 3.63) is 10.7 Å². The first-order chi connectivity index (χ1) is 13.9. The van der Waals surface area contributed by atoms with Crippen LogP contribution in [-0.2, 0) is 14.8 Å². The maximum Gasteiger partial charge on any atom is 0.410 e. The van der Waals surface area contributed by atoms with Crippen LogP contribution in [0.2, 0.25) is 0 Å². The van der Waals surface area contributed by atoms with Gasteiger partial charge >= 0.3 is 6.09 Å². The van der Waals surface area contributed by atoms with E-state index in [9.17, 15) is 13.2 Å². The molecule has 0 spiro atoms. The van der Waals surface area contributed by atoms with E-state index < -0.39 is 15.6 Å². The van der Waals surface area contributed by atoms with Gasteiger partial charge in [0.2, 0.25) is 16.0 Å². The lowest BCUT2D eigenvalue weighted by atomic mass is 10.2. The Kier molecular flexibility index (Phi) is 8.28. The Balaban J connectivity index is 1.93. The lowest BCUT2D eigenvalue weighted by molar-refractivity contribution is 0.0240. The number of anilines is 2. The van der Waals surface area contributed by atoms with Gasteiger partial charge in [-0.1, -0.05) is 0 Å². The summed E-state index contributed by atoms with van der Waals surface area (Å²) in [5.74, 6) is 0.980. The van der Waals surface area contributed by atoms with Crippen LogP contribution in [0.15, 0.2) is 10.7 Å². The first kappa shape index (κ1) is 24.6. The Morgan fingerprint density at radius 1 is 1.27 bits per heavy atom. The van der Waals surface area contributed by atoms with Gasteiger partial charge in [-0.15, -0.1) is 0 Å². The molecule has 0 saturated carbocycles. The first-order valence-corrected chi connectivity index (χ1v) is 12.3. The number of carbonyl (C=O) groups is 1. The van der Waals surface area contributed by atoms with Crippen molar-refractivity contribution in [1.82, 2.24) is 19.6 Å². The highest BCUT2D eigenvalue weighted by atomic mass is 79.9. The largest absolute Gasteiger partial charge is 0.444 e. The molecule has 0 aliphatic carbocycles. The number of rotatable bonds is 7. The normalized spacial score (nSPS) is 15.4. The molecule has 1 aromatic heterocycles. The van der Waals surface area contributed by atoms with Gasteiger partial charge in [0.1, 0.15) is 11.4 Å². The molecule has 0 aromatic carbocycles. The van der Waals surface area contributed by atoms with E-state index in [1.165, 1.54) is 0 Å². The van der Waals surface area contributed by atoms with Crippen LogP contribution in [0.5, 0.6) is 0 Å². The number of carbonyl (C=O) groups excluding carboxylic acids is 1. The van der Waals surface area contributed by atoms with Crippen molar-refractivity contribution >= 4 is 43.8 Å². The highest BCUT2D eigenvalue weighted by molar-refractivity contribution is 9.10. The van der Waals surface area contributed by atoms with Gasteiger partial charge in [-0.25, -0.2) is 22.9 Å². The van der Waals surface area contributed by atoms with Crippen molar-refractivity contribution in [1.29, 1.82) is 0 Å². The van der Waals surface area contributed by atoms with E-state index in [1.54, 1.807) is 24.9 Å². The fraction of sp³-hybridized carbons (Fsp3) is 0.722. The minimum atomic E-state index is -3.35. The second-order valence-corrected chi connectivity index (χ2v) is 11.1. The highest BCUT2D eigenvalue weighted by Crippen LogP contribution is 2.22. The quantitative estimate of drug-likeness (QED) is 0.576. The fourth-order valence-electron chi connectivity index (χ4n) is 2.77. The van der Waals surface area contributed by atoms with E-state index >= 15 is 0 Å². The third-order valence-corrected chi connectivity index (χ3v) is 6.18. The second kappa shape index (κ2) is 10.1. The Labute approximate surface area is 186 Å². The van der Waals surface area contributed by atoms with E-state index in [0.717, 1.165) is 0 Å². The molecule has 1 aliphatic heterocycles. The third kappa shape index (κ3) is 7.88. The molecule has 1 amide bonds. The predicted molar refractivity (Wildman–Crippen MR) is 120 cm³/mol. The summed E-state index contributed by atoms with van der Waals surface area (Å²) in [6.45, 7) is 11.5. The van der Waals surface area contributed by atoms with Crippen molar-refractivity contribution < 1.29 is 17.9 Å². The van der Waals surface area contributed by atoms with E-state index in [4.69, 9.17) is 4.74 Å². The summed E-state index contributed by atoms with van der Waals surface area (Å²) in [4.78, 5) is 24.7. The number of hydrogen-bond acceptors (Lipinski definition) is 8. The van der Waals surface area contributed by atoms with Gasteiger partial charge in [-0.05, 0) is 50.5 Å². The number of nitrogens with zero attached hydrogens (tertiary/aromatic N) is 4. The SMILES string of the molecule is CC(C)NS(=O)(=O)CCNc1nc(N2CCN(C(=O)OC(C)(C)C)CC2)ncc1Br. The van der Waals surface area contributed by atoms with Gasteiger partial charge in [0, 0.05) is 45.0 Å². The molecule has 30 heavy (non-hydrogen) atoms. The van der Waals surface area contributed by atoms with Crippen molar-refractivity contribution in [3.8, 4) is 0 Å². The van der Waals surface area contributed by atoms with Gasteiger partial charge < -0.3 is 19.9 Å². The molecule has 0 radical (unpaired) electrons. The first-order valence-electron chi connectivity index (χ1n) is 9.85. The predicted octanol–water partition coefficient (Wildman–Crippen LogP) is 2.04. The fourth-order valence-corrected chi connectivity index (χ4v) is 4.31. The zero-order chi connectivity index (χ0) is 22.5. The molecular formula is C18H31BrN6O4S. The number of ether oxygens (including phenoxy) is 1. The van der Waals surface area contributed by atoms with Gasteiger partial charge in [0.05, 0.1) is 10.2 Å². The molecule has 0 unspecified atom stereocenters. The number of nitrogens with one attached hydrogen (secondary N) is 2. The molecule has 1 saturated heterocycles. The lowest BCUT2D eigenvalue weighted by Gasteiger charge is -2.35. The molecule has 1 fully saturated rings. The van der Waals surface area contributed by atoms with E-state index in [0.29, 0.717) is 42.4 Å². The molecule has 12 heteroatoms. The van der Waals surface area contributed by atoms with Crippen LogP contribution < -0.4 is 14.9 Å². The average Bonchev–Trinajstić information content (AvgIpc) is 2.61. The maximum atomic E-state index is 12.2. The molecule has 0 bridgehead atoms. The molecule has 1 aliphatic rings. The zero-order valence-corrected chi connectivity index (χ0v) is 20.5. The number of hydrogen-bond donors (Lipinski definition) is 2. The van der Waals surface area contributed by atoms with Crippen LogP contribution >= 0.6 is 15.9 Å². The van der Waals surface area contributed by atoms with Crippen LogP contribution in [0.4, 0.5) is 16.6 Å². The zero-order valence-electron chi connectivity index (χ0n) is 18.1. The van der Waals surface area contributed by atoms with Gasteiger partial charge in [0.25, 0.3) is 0 Å². The maximum absolute atomic E-state index is 12.2. The number of amides is 1. The van der Waals surface area contributed by atoms with Crippen molar-refractivity contribution in [3.63, 3.8) is 0 Å². The Morgan fingerprint density at radius 2 is 1.90 bits per heavy atom. The summed E-state index contributed by atoms with van der Waals surface area (Å²) in [6, 6.07) is -0.147. The van der Waals surface area contributed by atoms with Gasteiger partial charge in [0.15, 0.2) is 0 Å². The lowest BCUT2D eigenvalue weighted by Crippen LogP contribution is -2.50. The highest BCUT2D eigenvalue weighted by Gasteiger charge is 2.27. The van der Waals surface area contributed by atoms with Crippen LogP contribution in [0, 0.1) is 0 Å². The van der Waals surface area contributed by atoms with Gasteiger partial charge in [-0.3, -0.25) is 0 Å². The molecule has 1 aromatic rings. The smallest absolute Gasteiger partial charge is 0.410 e. The third-order valence-electron chi connectivity index (χ3n) is 4.02. The molecule has 2 heterocycles. The molecule has 170 valence electrons. The number of halogens is 1. The second-order valence-electron chi connectivity index (χ2n) is 8.34. The Morgan fingerprint density at radius 3 is 2.47 bits per heavy atom. The minimum Gasteiger partial charge on any atom is -0.444 e. The van der Waals surface area contributed by atoms with Crippen LogP contribution in [-0.4, -0.2) is 79.5 Å². The van der Waals surface area contributed by atoms with Crippen molar-refractivity contribution in [2.24, 2.45) is 0 Å². The number of piperazine rings is 1. The van der Waals surface area contributed by atoms with Crippen LogP contribution in [0.1, 0.15) is 34.6 Å². The molecular weight excluding hydrogens is 476 g/mol. The monoisotopic (exact) mass is 506 g/mol. The topological polar surface area (TPSA) is 117 Å². The Bertz CT molecular complexity index is 836. The van der Waals surface area contributed by atoms with Crippen molar-refractivity contribution in [2.45, 2.75) is 46.3 Å². The van der Waals surface area contributed by atoms with E-state index in [-0.39, 0.29) is 24.4 Å². The van der Waals surface area contributed by atoms with Gasteiger partial charge in [-0.2, -0.15) is 4.98 Å². The van der Waals surface area contributed by atoms with Crippen LogP contribution in [0.25, 0.3) is 0 Å². The average molecular weight is 507 g/mol. The van der Waals surface area contributed by atoms with E-state index in [1.807, 2.05) is 25.7 Å². The van der Waals surface area contributed by atoms with Crippen molar-refractivity contribution in [2.75, 3.05) is 48.7 Å². The molecule has 0 atom stereocenters. The number of aromatic nitrogens is 2. The summed E-state index contributed by atoms with van der Waals surface area (Å²) in [5, 5.41) is 3.05. The standard InChI is InChI=1S/C18H31BrN6O4S/c1-13(2)23-30(27,28)11-6-20-15-14(19)12-21-16(22-15)24-7-9-25(10-8-24)17(26)29-18(3,4)5/h12-13,23H,6-11H2,1-5H3,(H,20,21,22). The van der Waals surface area contributed by atoms with Crippen LogP contribution in [0.3, 0.4) is 0 Å². The molecule has 10 nitrogen and oxygen atoms in total. The summed E-state index contributed by atoms with van der Waals surface area (Å²) < 4.78 is 32.5. The molecule has 2 N–H and O–H groups in total. The van der Waals surface area contributed by atoms with E-state index in [2.05, 4.69) is 35.9 Å². The number of sulfonamides is 1. The summed E-state index contributed by atoms with van der Waals surface area (Å²) in [6.07, 6.45) is 1.31. The summed E-state index contributed by atoms with van der Waals surface area (Å²) in [7, 11) is -3.35.